The molecule has 0 aromatic heterocycles. The molecule has 0 saturated carbocycles. The minimum absolute atomic E-state index is 0.0256. The summed E-state index contributed by atoms with van der Waals surface area (Å²) in [6.07, 6.45) is 0. The number of carbonyl (C=O) groups excluding carboxylic acids is 2. The standard InChI is InChI=1S/C21H14N2O3/c1-12-6-8-13(9-7-12)22-16-10-11-17(23-26)19-18(16)20(24)14-4-2-3-5-15(14)21(19)25/h2-11,22H,1H3. The average Bonchev–Trinajstić information content (AvgIpc) is 2.67. The summed E-state index contributed by atoms with van der Waals surface area (Å²) in [7, 11) is 0. The van der Waals surface area contributed by atoms with Gasteiger partial charge < -0.3 is 5.32 Å². The lowest BCUT2D eigenvalue weighted by Crippen LogP contribution is -2.22. The number of anilines is 2. The molecule has 26 heavy (non-hydrogen) atoms. The second-order valence-electron chi connectivity index (χ2n) is 6.17. The van der Waals surface area contributed by atoms with Crippen molar-refractivity contribution >= 4 is 28.6 Å². The zero-order valence-electron chi connectivity index (χ0n) is 13.9. The SMILES string of the molecule is Cc1ccc(Nc2ccc(N=O)c3c2C(=O)c2ccccc2C3=O)cc1. The summed E-state index contributed by atoms with van der Waals surface area (Å²) in [6.45, 7) is 1.98. The molecule has 1 N–H and O–H groups in total. The van der Waals surface area contributed by atoms with Gasteiger partial charge in [-0.1, -0.05) is 42.0 Å². The first-order chi connectivity index (χ1) is 12.6. The lowest BCUT2D eigenvalue weighted by atomic mass is 9.82. The van der Waals surface area contributed by atoms with Gasteiger partial charge in [-0.25, -0.2) is 0 Å². The Bertz CT molecular complexity index is 1070. The molecule has 0 spiro atoms. The van der Waals surface area contributed by atoms with E-state index in [-0.39, 0.29) is 28.4 Å². The van der Waals surface area contributed by atoms with Crippen molar-refractivity contribution in [2.75, 3.05) is 5.32 Å². The predicted molar refractivity (Wildman–Crippen MR) is 99.7 cm³/mol. The van der Waals surface area contributed by atoms with Gasteiger partial charge >= 0.3 is 0 Å². The largest absolute Gasteiger partial charge is 0.355 e. The quantitative estimate of drug-likeness (QED) is 0.537. The lowest BCUT2D eigenvalue weighted by molar-refractivity contribution is 0.0980. The van der Waals surface area contributed by atoms with E-state index in [1.807, 2.05) is 31.2 Å². The summed E-state index contributed by atoms with van der Waals surface area (Å²) < 4.78 is 0. The maximum absolute atomic E-state index is 13.1. The van der Waals surface area contributed by atoms with Crippen molar-refractivity contribution in [2.45, 2.75) is 6.92 Å². The molecule has 1 aliphatic rings. The fourth-order valence-electron chi connectivity index (χ4n) is 3.18. The lowest BCUT2D eigenvalue weighted by Gasteiger charge is -2.21. The second kappa shape index (κ2) is 6.04. The van der Waals surface area contributed by atoms with E-state index in [1.54, 1.807) is 30.3 Å². The Morgan fingerprint density at radius 1 is 0.769 bits per heavy atom. The van der Waals surface area contributed by atoms with Crippen molar-refractivity contribution in [1.29, 1.82) is 0 Å². The van der Waals surface area contributed by atoms with Crippen LogP contribution < -0.4 is 5.32 Å². The summed E-state index contributed by atoms with van der Waals surface area (Å²) in [5.74, 6) is -0.660. The molecule has 0 amide bonds. The molecule has 126 valence electrons. The van der Waals surface area contributed by atoms with Crippen molar-refractivity contribution in [2.24, 2.45) is 5.18 Å². The zero-order chi connectivity index (χ0) is 18.3. The molecule has 0 fully saturated rings. The molecule has 3 aromatic carbocycles. The molecular weight excluding hydrogens is 328 g/mol. The Kier molecular flexibility index (Phi) is 3.69. The first-order valence-electron chi connectivity index (χ1n) is 8.12. The Labute approximate surface area is 149 Å². The van der Waals surface area contributed by atoms with Crippen LogP contribution in [0.2, 0.25) is 0 Å². The van der Waals surface area contributed by atoms with Crippen molar-refractivity contribution < 1.29 is 9.59 Å². The van der Waals surface area contributed by atoms with Crippen LogP contribution in [0.3, 0.4) is 0 Å². The first kappa shape index (κ1) is 15.9. The number of carbonyl (C=O) groups is 2. The minimum Gasteiger partial charge on any atom is -0.355 e. The van der Waals surface area contributed by atoms with E-state index in [0.29, 0.717) is 16.8 Å². The molecule has 4 rings (SSSR count). The third-order valence-electron chi connectivity index (χ3n) is 4.48. The Morgan fingerprint density at radius 3 is 2.00 bits per heavy atom. The predicted octanol–water partition coefficient (Wildman–Crippen LogP) is 4.91. The van der Waals surface area contributed by atoms with Gasteiger partial charge in [-0.15, -0.1) is 4.91 Å². The van der Waals surface area contributed by atoms with Gasteiger partial charge in [0.1, 0.15) is 5.69 Å². The summed E-state index contributed by atoms with van der Waals surface area (Å²) in [6, 6.07) is 17.3. The number of aryl methyl sites for hydroxylation is 1. The van der Waals surface area contributed by atoms with E-state index in [9.17, 15) is 14.5 Å². The zero-order valence-corrected chi connectivity index (χ0v) is 13.9. The number of hydrogen-bond donors (Lipinski definition) is 1. The molecule has 0 atom stereocenters. The fraction of sp³-hybridized carbons (Fsp3) is 0.0476. The number of fused-ring (bicyclic) bond motifs is 2. The van der Waals surface area contributed by atoms with Crippen molar-refractivity contribution in [3.05, 3.63) is 93.4 Å². The fourth-order valence-corrected chi connectivity index (χ4v) is 3.18. The van der Waals surface area contributed by atoms with Gasteiger partial charge in [0.05, 0.1) is 16.8 Å². The van der Waals surface area contributed by atoms with Gasteiger partial charge in [0.15, 0.2) is 11.6 Å². The monoisotopic (exact) mass is 342 g/mol. The summed E-state index contributed by atoms with van der Waals surface area (Å²) >= 11 is 0. The molecule has 1 aliphatic carbocycles. The van der Waals surface area contributed by atoms with Gasteiger partial charge in [0.25, 0.3) is 0 Å². The highest BCUT2D eigenvalue weighted by atomic mass is 16.3. The van der Waals surface area contributed by atoms with Gasteiger partial charge in [0.2, 0.25) is 0 Å². The van der Waals surface area contributed by atoms with Gasteiger partial charge in [0, 0.05) is 16.8 Å². The molecule has 0 bridgehead atoms. The van der Waals surface area contributed by atoms with Crippen LogP contribution in [0.5, 0.6) is 0 Å². The van der Waals surface area contributed by atoms with Crippen LogP contribution in [-0.4, -0.2) is 11.6 Å². The molecule has 0 saturated heterocycles. The molecule has 5 heteroatoms. The second-order valence-corrected chi connectivity index (χ2v) is 6.17. The van der Waals surface area contributed by atoms with E-state index in [4.69, 9.17) is 0 Å². The smallest absolute Gasteiger partial charge is 0.196 e. The Balaban J connectivity index is 1.91. The van der Waals surface area contributed by atoms with E-state index >= 15 is 0 Å². The third kappa shape index (κ3) is 2.41. The Hall–Kier alpha value is -3.60. The number of nitroso groups, excluding NO2 is 1. The molecule has 0 heterocycles. The van der Waals surface area contributed by atoms with Crippen molar-refractivity contribution in [3.63, 3.8) is 0 Å². The van der Waals surface area contributed by atoms with Crippen molar-refractivity contribution in [3.8, 4) is 0 Å². The van der Waals surface area contributed by atoms with E-state index in [2.05, 4.69) is 10.5 Å². The van der Waals surface area contributed by atoms with Crippen LogP contribution in [0.15, 0.2) is 65.8 Å². The maximum Gasteiger partial charge on any atom is 0.196 e. The number of ketones is 2. The molecule has 3 aromatic rings. The van der Waals surface area contributed by atoms with Crippen LogP contribution in [-0.2, 0) is 0 Å². The average molecular weight is 342 g/mol. The van der Waals surface area contributed by atoms with E-state index in [0.717, 1.165) is 11.3 Å². The normalized spacial score (nSPS) is 12.3. The molecule has 0 radical (unpaired) electrons. The summed E-state index contributed by atoms with van der Waals surface area (Å²) in [5, 5.41) is 6.13. The summed E-state index contributed by atoms with van der Waals surface area (Å²) in [5.41, 5.74) is 3.21. The molecule has 0 aliphatic heterocycles. The van der Waals surface area contributed by atoms with E-state index in [1.165, 1.54) is 6.07 Å². The van der Waals surface area contributed by atoms with Crippen molar-refractivity contribution in [1.82, 2.24) is 0 Å². The Morgan fingerprint density at radius 2 is 1.38 bits per heavy atom. The minimum atomic E-state index is -0.364. The third-order valence-corrected chi connectivity index (χ3v) is 4.48. The molecular formula is C21H14N2O3. The first-order valence-corrected chi connectivity index (χ1v) is 8.12. The number of nitrogens with zero attached hydrogens (tertiary/aromatic N) is 1. The number of hydrogen-bond acceptors (Lipinski definition) is 5. The number of benzene rings is 3. The highest BCUT2D eigenvalue weighted by molar-refractivity contribution is 6.31. The highest BCUT2D eigenvalue weighted by Gasteiger charge is 2.34. The molecule has 0 unspecified atom stereocenters. The summed E-state index contributed by atoms with van der Waals surface area (Å²) in [4.78, 5) is 37.2. The highest BCUT2D eigenvalue weighted by Crippen LogP contribution is 2.38. The van der Waals surface area contributed by atoms with Crippen LogP contribution in [0.25, 0.3) is 0 Å². The molecule has 5 nitrogen and oxygen atoms in total. The van der Waals surface area contributed by atoms with Gasteiger partial charge in [-0.3, -0.25) is 9.59 Å². The van der Waals surface area contributed by atoms with Gasteiger partial charge in [-0.2, -0.15) is 0 Å². The topological polar surface area (TPSA) is 75.6 Å². The van der Waals surface area contributed by atoms with Gasteiger partial charge in [-0.05, 0) is 36.4 Å². The maximum atomic E-state index is 13.1. The van der Waals surface area contributed by atoms with Crippen LogP contribution in [0.4, 0.5) is 17.1 Å². The van der Waals surface area contributed by atoms with Crippen LogP contribution in [0.1, 0.15) is 37.4 Å². The number of nitrogens with one attached hydrogen (secondary N) is 1. The van der Waals surface area contributed by atoms with Crippen LogP contribution in [0, 0.1) is 11.8 Å². The van der Waals surface area contributed by atoms with E-state index < -0.39 is 0 Å². The van der Waals surface area contributed by atoms with Crippen LogP contribution >= 0.6 is 0 Å². The number of rotatable bonds is 3.